The molecule has 2 aliphatic rings. The van der Waals surface area contributed by atoms with Gasteiger partial charge in [0.1, 0.15) is 0 Å². The van der Waals surface area contributed by atoms with Crippen LogP contribution in [0.5, 0.6) is 0 Å². The van der Waals surface area contributed by atoms with Crippen LogP contribution in [-0.4, -0.2) is 40.6 Å². The van der Waals surface area contributed by atoms with Gasteiger partial charge in [0, 0.05) is 17.2 Å². The summed E-state index contributed by atoms with van der Waals surface area (Å²) in [6.45, 7) is -0.144. The Labute approximate surface area is 155 Å². The topological polar surface area (TPSA) is 87.0 Å². The maximum Gasteiger partial charge on any atom is 0.339 e. The Kier molecular flexibility index (Phi) is 4.02. The molecule has 2 aromatic carbocycles. The number of hydrogen-bond donors (Lipinski definition) is 0. The minimum absolute atomic E-state index is 0.364. The van der Waals surface area contributed by atoms with E-state index in [9.17, 15) is 19.7 Å². The van der Waals surface area contributed by atoms with E-state index in [0.717, 1.165) is 4.90 Å². The second-order valence-electron chi connectivity index (χ2n) is 6.64. The van der Waals surface area contributed by atoms with Gasteiger partial charge in [-0.1, -0.05) is 36.4 Å². The van der Waals surface area contributed by atoms with Crippen molar-refractivity contribution in [1.29, 1.82) is 0 Å². The number of para-hydroxylation sites is 2. The summed E-state index contributed by atoms with van der Waals surface area (Å²) in [4.78, 5) is 41.6. The normalized spacial score (nSPS) is 22.1. The van der Waals surface area contributed by atoms with Gasteiger partial charge in [-0.3, -0.25) is 19.9 Å². The lowest BCUT2D eigenvalue weighted by Gasteiger charge is -2.50. The van der Waals surface area contributed by atoms with Crippen LogP contribution >= 0.6 is 0 Å². The van der Waals surface area contributed by atoms with Gasteiger partial charge < -0.3 is 0 Å². The van der Waals surface area contributed by atoms with Crippen LogP contribution in [0.15, 0.2) is 60.7 Å². The van der Waals surface area contributed by atoms with E-state index in [-0.39, 0.29) is 0 Å². The summed E-state index contributed by atoms with van der Waals surface area (Å²) in [5, 5.41) is 11.5. The smallest absolute Gasteiger partial charge is 0.294 e. The number of anilines is 2. The van der Waals surface area contributed by atoms with Gasteiger partial charge >= 0.3 is 12.1 Å². The average Bonchev–Trinajstić information content (AvgIpc) is 3.07. The zero-order valence-corrected chi connectivity index (χ0v) is 14.5. The molecule has 1 unspecified atom stereocenters. The molecule has 2 fully saturated rings. The van der Waals surface area contributed by atoms with Gasteiger partial charge in [-0.2, -0.15) is 0 Å². The largest absolute Gasteiger partial charge is 0.339 e. The highest BCUT2D eigenvalue weighted by molar-refractivity contribution is 6.21. The van der Waals surface area contributed by atoms with Crippen molar-refractivity contribution < 1.29 is 14.5 Å². The van der Waals surface area contributed by atoms with E-state index in [1.54, 1.807) is 54.6 Å². The molecule has 2 aliphatic heterocycles. The van der Waals surface area contributed by atoms with E-state index in [0.29, 0.717) is 30.8 Å². The fourth-order valence-corrected chi connectivity index (χ4v) is 4.02. The lowest BCUT2D eigenvalue weighted by Crippen LogP contribution is -2.74. The Morgan fingerprint density at radius 3 is 2.11 bits per heavy atom. The Balaban J connectivity index is 1.89. The van der Waals surface area contributed by atoms with Crippen molar-refractivity contribution in [2.24, 2.45) is 0 Å². The van der Waals surface area contributed by atoms with Gasteiger partial charge in [-0.05, 0) is 37.1 Å². The number of imide groups is 1. The first-order chi connectivity index (χ1) is 13.0. The molecule has 1 atom stereocenters. The van der Waals surface area contributed by atoms with Crippen molar-refractivity contribution in [1.82, 2.24) is 4.90 Å². The summed E-state index contributed by atoms with van der Waals surface area (Å²) < 4.78 is 0. The van der Waals surface area contributed by atoms with Gasteiger partial charge in [-0.25, -0.2) is 14.5 Å². The molecule has 4 amide bonds. The predicted molar refractivity (Wildman–Crippen MR) is 99.2 cm³/mol. The first kappa shape index (κ1) is 17.0. The van der Waals surface area contributed by atoms with Crippen LogP contribution in [0, 0.1) is 10.1 Å². The number of hydrogen-bond acceptors (Lipinski definition) is 4. The first-order valence-corrected chi connectivity index (χ1v) is 8.72. The molecule has 0 spiro atoms. The van der Waals surface area contributed by atoms with Gasteiger partial charge in [0.15, 0.2) is 5.66 Å². The van der Waals surface area contributed by atoms with Crippen LogP contribution in [0.3, 0.4) is 0 Å². The number of carbonyl (C=O) groups is 2. The lowest BCUT2D eigenvalue weighted by atomic mass is 10.0. The number of nitrogens with zero attached hydrogens (tertiary/aromatic N) is 4. The zero-order valence-electron chi connectivity index (χ0n) is 14.5. The molecule has 2 aromatic rings. The summed E-state index contributed by atoms with van der Waals surface area (Å²) in [7, 11) is 0. The number of urea groups is 2. The first-order valence-electron chi connectivity index (χ1n) is 8.72. The molecular formula is C19H18N4O4. The molecule has 8 heteroatoms. The predicted octanol–water partition coefficient (Wildman–Crippen LogP) is 3.32. The third-order valence-electron chi connectivity index (χ3n) is 5.09. The van der Waals surface area contributed by atoms with Crippen molar-refractivity contribution in [3.63, 3.8) is 0 Å². The fraction of sp³-hybridized carbons (Fsp3) is 0.263. The summed E-state index contributed by atoms with van der Waals surface area (Å²) >= 11 is 0. The summed E-state index contributed by atoms with van der Waals surface area (Å²) in [5.74, 6) is 0. The third-order valence-corrected chi connectivity index (χ3v) is 5.09. The second-order valence-corrected chi connectivity index (χ2v) is 6.64. The standard InChI is InChI=1S/C19H18N4O4/c24-17-20-13-7-12-19(20,14-21(26)27)23(16-10-5-2-6-11-16)18(25)22(17)15-8-3-1-4-9-15/h1-6,8-11H,7,12-14H2. The second kappa shape index (κ2) is 6.39. The van der Waals surface area contributed by atoms with Crippen molar-refractivity contribution >= 4 is 23.4 Å². The fourth-order valence-electron chi connectivity index (χ4n) is 4.02. The minimum atomic E-state index is -1.29. The summed E-state index contributed by atoms with van der Waals surface area (Å²) in [6, 6.07) is 16.4. The van der Waals surface area contributed by atoms with E-state index in [1.807, 2.05) is 6.07 Å². The number of rotatable bonds is 4. The third kappa shape index (κ3) is 2.61. The van der Waals surface area contributed by atoms with E-state index >= 15 is 0 Å². The Bertz CT molecular complexity index is 889. The molecule has 0 bridgehead atoms. The zero-order chi connectivity index (χ0) is 19.0. The van der Waals surface area contributed by atoms with Gasteiger partial charge in [0.05, 0.1) is 5.69 Å². The van der Waals surface area contributed by atoms with Crippen molar-refractivity contribution in [3.05, 3.63) is 70.8 Å². The molecule has 0 saturated carbocycles. The van der Waals surface area contributed by atoms with Crippen molar-refractivity contribution in [2.75, 3.05) is 22.9 Å². The molecule has 0 aliphatic carbocycles. The number of nitro groups is 1. The van der Waals surface area contributed by atoms with Gasteiger partial charge in [0.25, 0.3) is 0 Å². The maximum absolute atomic E-state index is 13.4. The molecule has 2 saturated heterocycles. The lowest BCUT2D eigenvalue weighted by molar-refractivity contribution is -0.493. The molecule has 2 heterocycles. The van der Waals surface area contributed by atoms with Crippen LogP contribution in [0.4, 0.5) is 21.0 Å². The van der Waals surface area contributed by atoms with E-state index in [1.165, 1.54) is 9.80 Å². The number of amides is 4. The van der Waals surface area contributed by atoms with E-state index in [4.69, 9.17) is 0 Å². The average molecular weight is 366 g/mol. The molecule has 0 N–H and O–H groups in total. The molecule has 0 radical (unpaired) electrons. The van der Waals surface area contributed by atoms with Gasteiger partial charge in [-0.15, -0.1) is 0 Å². The van der Waals surface area contributed by atoms with Crippen molar-refractivity contribution in [2.45, 2.75) is 18.5 Å². The Morgan fingerprint density at radius 2 is 1.52 bits per heavy atom. The van der Waals surface area contributed by atoms with Crippen LogP contribution in [0.1, 0.15) is 12.8 Å². The molecule has 138 valence electrons. The van der Waals surface area contributed by atoms with Crippen LogP contribution in [0.2, 0.25) is 0 Å². The highest BCUT2D eigenvalue weighted by Gasteiger charge is 2.60. The molecule has 27 heavy (non-hydrogen) atoms. The summed E-state index contributed by atoms with van der Waals surface area (Å²) in [5.41, 5.74) is -0.315. The van der Waals surface area contributed by atoms with Gasteiger partial charge in [0.2, 0.25) is 6.54 Å². The van der Waals surface area contributed by atoms with E-state index < -0.39 is 29.2 Å². The number of fused-ring (bicyclic) bond motifs is 1. The molecule has 0 aromatic heterocycles. The van der Waals surface area contributed by atoms with E-state index in [2.05, 4.69) is 0 Å². The summed E-state index contributed by atoms with van der Waals surface area (Å²) in [6.07, 6.45) is 0.960. The van der Waals surface area contributed by atoms with Crippen LogP contribution in [0.25, 0.3) is 0 Å². The quantitative estimate of drug-likeness (QED) is 0.613. The highest BCUT2D eigenvalue weighted by Crippen LogP contribution is 2.42. The number of benzene rings is 2. The van der Waals surface area contributed by atoms with Crippen LogP contribution in [-0.2, 0) is 0 Å². The monoisotopic (exact) mass is 366 g/mol. The molecular weight excluding hydrogens is 348 g/mol. The number of carbonyl (C=O) groups excluding carboxylic acids is 2. The highest BCUT2D eigenvalue weighted by atomic mass is 16.6. The van der Waals surface area contributed by atoms with Crippen molar-refractivity contribution in [3.8, 4) is 0 Å². The van der Waals surface area contributed by atoms with Crippen LogP contribution < -0.4 is 9.80 Å². The minimum Gasteiger partial charge on any atom is -0.294 e. The maximum atomic E-state index is 13.4. The molecule has 4 rings (SSSR count). The Hall–Kier alpha value is -3.42. The molecule has 8 nitrogen and oxygen atoms in total. The Morgan fingerprint density at radius 1 is 0.926 bits per heavy atom. The SMILES string of the molecule is O=C1N(c2ccccc2)C(=O)N(c2ccccc2)C2(C[N+](=O)[O-])CCCN12.